The number of carbonyl (C=O) groups excluding carboxylic acids is 1. The summed E-state index contributed by atoms with van der Waals surface area (Å²) in [6.45, 7) is 1.25. The second-order valence-electron chi connectivity index (χ2n) is 6.39. The first kappa shape index (κ1) is 16.5. The number of carbonyl (C=O) groups is 1. The number of aromatic nitrogens is 3. The number of nitrogens with zero attached hydrogens (tertiary/aromatic N) is 4. The fraction of sp³-hybridized carbons (Fsp3) is 0.316. The van der Waals surface area contributed by atoms with Crippen LogP contribution in [0, 0.1) is 5.82 Å². The highest BCUT2D eigenvalue weighted by atomic mass is 19.1. The molecule has 0 spiro atoms. The summed E-state index contributed by atoms with van der Waals surface area (Å²) in [6.07, 6.45) is 5.21. The third-order valence-electron chi connectivity index (χ3n) is 4.92. The zero-order chi connectivity index (χ0) is 18.1. The largest absolute Gasteiger partial charge is 0.494 e. The molecule has 26 heavy (non-hydrogen) atoms. The number of hydrogen-bond acceptors (Lipinski definition) is 4. The SMILES string of the molecule is COc1ccc(C(=O)N2CCC(c3ccnc4ccnn34)CC2)cc1F. The van der Waals surface area contributed by atoms with E-state index in [0.29, 0.717) is 24.6 Å². The number of fused-ring (bicyclic) bond motifs is 1. The van der Waals surface area contributed by atoms with E-state index in [1.807, 2.05) is 16.6 Å². The van der Waals surface area contributed by atoms with E-state index in [1.54, 1.807) is 23.4 Å². The van der Waals surface area contributed by atoms with Crippen molar-refractivity contribution in [2.75, 3.05) is 20.2 Å². The van der Waals surface area contributed by atoms with Crippen LogP contribution in [-0.2, 0) is 0 Å². The number of halogens is 1. The van der Waals surface area contributed by atoms with E-state index in [1.165, 1.54) is 19.2 Å². The smallest absolute Gasteiger partial charge is 0.253 e. The van der Waals surface area contributed by atoms with Crippen molar-refractivity contribution in [3.63, 3.8) is 0 Å². The van der Waals surface area contributed by atoms with Crippen LogP contribution in [0.4, 0.5) is 4.39 Å². The van der Waals surface area contributed by atoms with Gasteiger partial charge in [0.1, 0.15) is 0 Å². The minimum Gasteiger partial charge on any atom is -0.494 e. The molecule has 2 aromatic heterocycles. The number of rotatable bonds is 3. The molecule has 1 fully saturated rings. The number of hydrogen-bond donors (Lipinski definition) is 0. The molecule has 1 aliphatic heterocycles. The van der Waals surface area contributed by atoms with Crippen LogP contribution in [0.1, 0.15) is 34.8 Å². The Morgan fingerprint density at radius 3 is 2.73 bits per heavy atom. The Kier molecular flexibility index (Phi) is 4.28. The summed E-state index contributed by atoms with van der Waals surface area (Å²) in [5, 5.41) is 4.34. The maximum atomic E-state index is 13.9. The summed E-state index contributed by atoms with van der Waals surface area (Å²) in [5.41, 5.74) is 2.29. The van der Waals surface area contributed by atoms with E-state index in [2.05, 4.69) is 10.1 Å². The summed E-state index contributed by atoms with van der Waals surface area (Å²) in [4.78, 5) is 18.7. The molecule has 7 heteroatoms. The van der Waals surface area contributed by atoms with E-state index in [-0.39, 0.29) is 11.7 Å². The van der Waals surface area contributed by atoms with E-state index in [4.69, 9.17) is 4.74 Å². The average molecular weight is 354 g/mol. The molecule has 0 atom stereocenters. The molecule has 1 saturated heterocycles. The maximum Gasteiger partial charge on any atom is 0.253 e. The van der Waals surface area contributed by atoms with E-state index in [9.17, 15) is 9.18 Å². The summed E-state index contributed by atoms with van der Waals surface area (Å²) < 4.78 is 20.6. The predicted octanol–water partition coefficient (Wildman–Crippen LogP) is 2.90. The lowest BCUT2D eigenvalue weighted by molar-refractivity contribution is 0.0711. The number of ether oxygens (including phenoxy) is 1. The molecule has 1 aliphatic rings. The van der Waals surface area contributed by atoms with Gasteiger partial charge in [-0.2, -0.15) is 5.10 Å². The van der Waals surface area contributed by atoms with Gasteiger partial charge in [0.15, 0.2) is 17.2 Å². The van der Waals surface area contributed by atoms with Crippen molar-refractivity contribution in [2.45, 2.75) is 18.8 Å². The Bertz CT molecular complexity index is 948. The Labute approximate surface area is 150 Å². The Morgan fingerprint density at radius 1 is 1.19 bits per heavy atom. The minimum absolute atomic E-state index is 0.140. The van der Waals surface area contributed by atoms with E-state index >= 15 is 0 Å². The Hall–Kier alpha value is -2.96. The Balaban J connectivity index is 1.47. The van der Waals surface area contributed by atoms with Gasteiger partial charge in [-0.15, -0.1) is 0 Å². The van der Waals surface area contributed by atoms with Crippen LogP contribution >= 0.6 is 0 Å². The number of amides is 1. The molecule has 0 unspecified atom stereocenters. The van der Waals surface area contributed by atoms with Crippen LogP contribution < -0.4 is 4.74 Å². The molecule has 1 aromatic carbocycles. The number of benzene rings is 1. The molecule has 134 valence electrons. The molecule has 0 radical (unpaired) electrons. The third-order valence-corrected chi connectivity index (χ3v) is 4.92. The van der Waals surface area contributed by atoms with Crippen LogP contribution in [0.25, 0.3) is 5.65 Å². The molecule has 0 N–H and O–H groups in total. The second kappa shape index (κ2) is 6.74. The van der Waals surface area contributed by atoms with Gasteiger partial charge in [-0.25, -0.2) is 13.9 Å². The molecule has 6 nitrogen and oxygen atoms in total. The van der Waals surface area contributed by atoms with Crippen molar-refractivity contribution >= 4 is 11.6 Å². The zero-order valence-corrected chi connectivity index (χ0v) is 14.4. The molecule has 4 rings (SSSR count). The summed E-state index contributed by atoms with van der Waals surface area (Å²) in [6, 6.07) is 8.19. The van der Waals surface area contributed by atoms with E-state index < -0.39 is 5.82 Å². The zero-order valence-electron chi connectivity index (χ0n) is 14.4. The normalized spacial score (nSPS) is 15.4. The molecular weight excluding hydrogens is 335 g/mol. The van der Waals surface area contributed by atoms with Gasteiger partial charge in [0.25, 0.3) is 5.91 Å². The average Bonchev–Trinajstić information content (AvgIpc) is 3.16. The van der Waals surface area contributed by atoms with Gasteiger partial charge in [0.2, 0.25) is 0 Å². The third kappa shape index (κ3) is 2.89. The molecule has 0 bridgehead atoms. The highest BCUT2D eigenvalue weighted by Crippen LogP contribution is 2.29. The highest BCUT2D eigenvalue weighted by molar-refractivity contribution is 5.94. The van der Waals surface area contributed by atoms with Crippen molar-refractivity contribution in [1.82, 2.24) is 19.5 Å². The van der Waals surface area contributed by atoms with Gasteiger partial charge < -0.3 is 9.64 Å². The van der Waals surface area contributed by atoms with Crippen molar-refractivity contribution < 1.29 is 13.9 Å². The van der Waals surface area contributed by atoms with Crippen LogP contribution in [0.2, 0.25) is 0 Å². The van der Waals surface area contributed by atoms with Gasteiger partial charge in [-0.3, -0.25) is 4.79 Å². The van der Waals surface area contributed by atoms with Crippen LogP contribution in [0.5, 0.6) is 5.75 Å². The predicted molar refractivity (Wildman–Crippen MR) is 93.8 cm³/mol. The highest BCUT2D eigenvalue weighted by Gasteiger charge is 2.26. The van der Waals surface area contributed by atoms with Crippen LogP contribution in [0.3, 0.4) is 0 Å². The van der Waals surface area contributed by atoms with Gasteiger partial charge in [0, 0.05) is 42.5 Å². The minimum atomic E-state index is -0.522. The molecule has 0 saturated carbocycles. The van der Waals surface area contributed by atoms with Gasteiger partial charge in [-0.05, 0) is 37.1 Å². The van der Waals surface area contributed by atoms with Gasteiger partial charge in [0.05, 0.1) is 13.3 Å². The second-order valence-corrected chi connectivity index (χ2v) is 6.39. The molecular formula is C19H19FN4O2. The summed E-state index contributed by atoms with van der Waals surface area (Å²) in [7, 11) is 1.40. The first-order valence-electron chi connectivity index (χ1n) is 8.59. The monoisotopic (exact) mass is 354 g/mol. The summed E-state index contributed by atoms with van der Waals surface area (Å²) in [5.74, 6) is -0.215. The van der Waals surface area contributed by atoms with Crippen molar-refractivity contribution in [1.29, 1.82) is 0 Å². The van der Waals surface area contributed by atoms with Crippen molar-refractivity contribution in [2.24, 2.45) is 0 Å². The molecule has 3 heterocycles. The van der Waals surface area contributed by atoms with E-state index in [0.717, 1.165) is 24.2 Å². The fourth-order valence-electron chi connectivity index (χ4n) is 3.52. The Morgan fingerprint density at radius 2 is 2.00 bits per heavy atom. The lowest BCUT2D eigenvalue weighted by atomic mass is 9.93. The number of likely N-dealkylation sites (tertiary alicyclic amines) is 1. The molecule has 0 aliphatic carbocycles. The standard InChI is InChI=1S/C19H19FN4O2/c1-26-17-3-2-14(12-15(17)20)19(25)23-10-6-13(7-11-23)16-4-8-21-18-5-9-22-24(16)18/h2-5,8-9,12-13H,6-7,10-11H2,1H3. The number of methoxy groups -OCH3 is 1. The fourth-order valence-corrected chi connectivity index (χ4v) is 3.52. The van der Waals surface area contributed by atoms with Crippen molar-refractivity contribution in [3.8, 4) is 5.75 Å². The first-order valence-corrected chi connectivity index (χ1v) is 8.59. The van der Waals surface area contributed by atoms with Crippen LogP contribution in [-0.4, -0.2) is 45.6 Å². The van der Waals surface area contributed by atoms with Gasteiger partial charge in [-0.1, -0.05) is 0 Å². The topological polar surface area (TPSA) is 59.7 Å². The number of piperidine rings is 1. The van der Waals surface area contributed by atoms with Crippen LogP contribution in [0.15, 0.2) is 42.7 Å². The lowest BCUT2D eigenvalue weighted by Gasteiger charge is -2.32. The quantitative estimate of drug-likeness (QED) is 0.726. The molecule has 3 aromatic rings. The van der Waals surface area contributed by atoms with Gasteiger partial charge >= 0.3 is 0 Å². The maximum absolute atomic E-state index is 13.9. The first-order chi connectivity index (χ1) is 12.7. The van der Waals surface area contributed by atoms with Crippen molar-refractivity contribution in [3.05, 3.63) is 59.8 Å². The lowest BCUT2D eigenvalue weighted by Crippen LogP contribution is -2.38. The summed E-state index contributed by atoms with van der Waals surface area (Å²) >= 11 is 0. The molecule has 1 amide bonds.